The van der Waals surface area contributed by atoms with Crippen LogP contribution in [0.15, 0.2) is 18.6 Å². The van der Waals surface area contributed by atoms with Crippen molar-refractivity contribution >= 4 is 5.91 Å². The summed E-state index contributed by atoms with van der Waals surface area (Å²) >= 11 is 0. The third-order valence-electron chi connectivity index (χ3n) is 6.31. The van der Waals surface area contributed by atoms with Crippen LogP contribution in [0.4, 0.5) is 0 Å². The maximum Gasteiger partial charge on any atom is 0.272 e. The normalized spacial score (nSPS) is 27.1. The molecule has 1 aliphatic heterocycles. The van der Waals surface area contributed by atoms with Gasteiger partial charge in [-0.05, 0) is 31.6 Å². The molecule has 28 heavy (non-hydrogen) atoms. The molecule has 9 heteroatoms. The zero-order valence-electron chi connectivity index (χ0n) is 15.5. The zero-order chi connectivity index (χ0) is 19.3. The standard InChI is InChI=1S/C19H24N6O3/c20-19-7-12-16(18(27)23-14(10-26)11-1-5-28-6-2-11)24-25(17(12)13(19)8-19)15-9-21-3-4-22-15/h3-4,9,11,13-14,26H,1-2,5-8,10,20H2,(H,23,27). The van der Waals surface area contributed by atoms with Crippen molar-refractivity contribution < 1.29 is 14.6 Å². The summed E-state index contributed by atoms with van der Waals surface area (Å²) in [6.07, 6.45) is 8.02. The van der Waals surface area contributed by atoms with E-state index in [0.29, 0.717) is 31.1 Å². The number of aliphatic hydroxyl groups excluding tert-OH is 1. The van der Waals surface area contributed by atoms with Gasteiger partial charge in [-0.15, -0.1) is 0 Å². The Balaban J connectivity index is 1.45. The summed E-state index contributed by atoms with van der Waals surface area (Å²) in [5.74, 6) is 0.709. The highest BCUT2D eigenvalue weighted by molar-refractivity contribution is 5.95. The fourth-order valence-electron chi connectivity index (χ4n) is 4.64. The first-order valence-corrected chi connectivity index (χ1v) is 9.77. The third-order valence-corrected chi connectivity index (χ3v) is 6.31. The fourth-order valence-corrected chi connectivity index (χ4v) is 4.64. The molecule has 2 aromatic rings. The SMILES string of the molecule is NC12Cc3c(C(=O)NC(CO)C4CCOCC4)nn(-c4cnccn4)c3C1C2. The largest absolute Gasteiger partial charge is 0.394 e. The molecular formula is C19H24N6O3. The highest BCUT2D eigenvalue weighted by Gasteiger charge is 2.60. The molecule has 3 aliphatic rings. The van der Waals surface area contributed by atoms with Crippen molar-refractivity contribution in [3.05, 3.63) is 35.5 Å². The average Bonchev–Trinajstić information content (AvgIpc) is 3.10. The summed E-state index contributed by atoms with van der Waals surface area (Å²) in [6, 6.07) is -0.309. The molecule has 3 unspecified atom stereocenters. The van der Waals surface area contributed by atoms with Crippen molar-refractivity contribution in [1.82, 2.24) is 25.1 Å². The predicted octanol–water partition coefficient (Wildman–Crippen LogP) is -0.0795. The van der Waals surface area contributed by atoms with Gasteiger partial charge in [-0.3, -0.25) is 9.78 Å². The first kappa shape index (κ1) is 17.7. The molecule has 0 spiro atoms. The summed E-state index contributed by atoms with van der Waals surface area (Å²) in [4.78, 5) is 21.5. The minimum atomic E-state index is -0.309. The molecule has 1 saturated heterocycles. The number of nitrogens with one attached hydrogen (secondary N) is 1. The molecule has 9 nitrogen and oxygen atoms in total. The lowest BCUT2D eigenvalue weighted by molar-refractivity contribution is 0.0418. The lowest BCUT2D eigenvalue weighted by Gasteiger charge is -2.29. The van der Waals surface area contributed by atoms with Gasteiger partial charge < -0.3 is 20.9 Å². The van der Waals surface area contributed by atoms with Crippen LogP contribution in [0.2, 0.25) is 0 Å². The zero-order valence-corrected chi connectivity index (χ0v) is 15.5. The molecule has 2 aromatic heterocycles. The first-order chi connectivity index (χ1) is 13.6. The van der Waals surface area contributed by atoms with Gasteiger partial charge >= 0.3 is 0 Å². The van der Waals surface area contributed by atoms with Crippen molar-refractivity contribution in [2.45, 2.75) is 43.2 Å². The molecular weight excluding hydrogens is 360 g/mol. The summed E-state index contributed by atoms with van der Waals surface area (Å²) in [5, 5.41) is 17.4. The van der Waals surface area contributed by atoms with Gasteiger partial charge in [-0.2, -0.15) is 5.10 Å². The van der Waals surface area contributed by atoms with Crippen LogP contribution in [0, 0.1) is 5.92 Å². The minimum Gasteiger partial charge on any atom is -0.394 e. The molecule has 0 radical (unpaired) electrons. The van der Waals surface area contributed by atoms with Gasteiger partial charge in [0, 0.05) is 42.6 Å². The second-order valence-corrected chi connectivity index (χ2v) is 8.07. The van der Waals surface area contributed by atoms with E-state index >= 15 is 0 Å². The highest BCUT2D eigenvalue weighted by atomic mass is 16.5. The number of hydrogen-bond donors (Lipinski definition) is 3. The van der Waals surface area contributed by atoms with Crippen LogP contribution in [0.25, 0.3) is 5.82 Å². The number of fused-ring (bicyclic) bond motifs is 3. The van der Waals surface area contributed by atoms with Gasteiger partial charge in [-0.25, -0.2) is 9.67 Å². The molecule has 0 bridgehead atoms. The quantitative estimate of drug-likeness (QED) is 0.658. The van der Waals surface area contributed by atoms with Gasteiger partial charge in [-0.1, -0.05) is 0 Å². The Kier molecular flexibility index (Phi) is 4.18. The van der Waals surface area contributed by atoms with Crippen LogP contribution in [0.5, 0.6) is 0 Å². The fraction of sp³-hybridized carbons (Fsp3) is 0.579. The molecule has 1 amide bonds. The van der Waals surface area contributed by atoms with Crippen molar-refractivity contribution in [2.24, 2.45) is 11.7 Å². The Morgan fingerprint density at radius 1 is 1.43 bits per heavy atom. The van der Waals surface area contributed by atoms with Gasteiger partial charge in [0.25, 0.3) is 5.91 Å². The lowest BCUT2D eigenvalue weighted by Crippen LogP contribution is -2.45. The molecule has 5 rings (SSSR count). The minimum absolute atomic E-state index is 0.104. The Labute approximate surface area is 162 Å². The van der Waals surface area contributed by atoms with Crippen LogP contribution < -0.4 is 11.1 Å². The van der Waals surface area contributed by atoms with Crippen LogP contribution in [0.1, 0.15) is 46.9 Å². The van der Waals surface area contributed by atoms with Crippen molar-refractivity contribution in [3.8, 4) is 5.82 Å². The van der Waals surface area contributed by atoms with E-state index in [4.69, 9.17) is 10.5 Å². The second kappa shape index (κ2) is 6.61. The monoisotopic (exact) mass is 384 g/mol. The number of rotatable bonds is 5. The van der Waals surface area contributed by atoms with E-state index in [1.54, 1.807) is 23.3 Å². The van der Waals surface area contributed by atoms with Crippen LogP contribution in [-0.2, 0) is 11.2 Å². The number of nitrogens with zero attached hydrogens (tertiary/aromatic N) is 4. The van der Waals surface area contributed by atoms with Gasteiger partial charge in [0.15, 0.2) is 11.5 Å². The van der Waals surface area contributed by atoms with Crippen molar-refractivity contribution in [2.75, 3.05) is 19.8 Å². The number of hydrogen-bond acceptors (Lipinski definition) is 7. The number of aromatic nitrogens is 4. The van der Waals surface area contributed by atoms with Gasteiger partial charge in [0.05, 0.1) is 24.5 Å². The lowest BCUT2D eigenvalue weighted by atomic mass is 9.92. The smallest absolute Gasteiger partial charge is 0.272 e. The molecule has 1 saturated carbocycles. The average molecular weight is 384 g/mol. The summed E-state index contributed by atoms with van der Waals surface area (Å²) in [5.41, 5.74) is 8.41. The van der Waals surface area contributed by atoms with Crippen LogP contribution in [-0.4, -0.2) is 62.2 Å². The summed E-state index contributed by atoms with van der Waals surface area (Å²) in [6.45, 7) is 1.21. The molecule has 0 aromatic carbocycles. The second-order valence-electron chi connectivity index (χ2n) is 8.07. The number of carbonyl (C=O) groups excluding carboxylic acids is 1. The van der Waals surface area contributed by atoms with E-state index in [-0.39, 0.29) is 35.9 Å². The summed E-state index contributed by atoms with van der Waals surface area (Å²) < 4.78 is 7.10. The molecule has 3 atom stereocenters. The maximum atomic E-state index is 13.1. The third kappa shape index (κ3) is 2.81. The summed E-state index contributed by atoms with van der Waals surface area (Å²) in [7, 11) is 0. The predicted molar refractivity (Wildman–Crippen MR) is 99.0 cm³/mol. The Bertz CT molecular complexity index is 895. The van der Waals surface area contributed by atoms with Gasteiger partial charge in [0.1, 0.15) is 0 Å². The van der Waals surface area contributed by atoms with E-state index < -0.39 is 0 Å². The topological polar surface area (TPSA) is 128 Å². The Morgan fingerprint density at radius 3 is 2.96 bits per heavy atom. The number of ether oxygens (including phenoxy) is 1. The molecule has 2 fully saturated rings. The van der Waals surface area contributed by atoms with E-state index in [0.717, 1.165) is 30.5 Å². The Morgan fingerprint density at radius 2 is 2.25 bits per heavy atom. The molecule has 3 heterocycles. The Hall–Kier alpha value is -2.36. The van der Waals surface area contributed by atoms with E-state index in [1.807, 2.05) is 0 Å². The maximum absolute atomic E-state index is 13.1. The number of nitrogens with two attached hydrogens (primary N) is 1. The molecule has 2 aliphatic carbocycles. The van der Waals surface area contributed by atoms with Crippen molar-refractivity contribution in [1.29, 1.82) is 0 Å². The van der Waals surface area contributed by atoms with Crippen molar-refractivity contribution in [3.63, 3.8) is 0 Å². The van der Waals surface area contributed by atoms with Crippen LogP contribution in [0.3, 0.4) is 0 Å². The van der Waals surface area contributed by atoms with E-state index in [2.05, 4.69) is 20.4 Å². The first-order valence-electron chi connectivity index (χ1n) is 9.77. The molecule has 148 valence electrons. The van der Waals surface area contributed by atoms with Gasteiger partial charge in [0.2, 0.25) is 0 Å². The number of amides is 1. The van der Waals surface area contributed by atoms with E-state index in [9.17, 15) is 9.90 Å². The highest BCUT2D eigenvalue weighted by Crippen LogP contribution is 2.58. The van der Waals surface area contributed by atoms with Crippen LogP contribution >= 0.6 is 0 Å². The van der Waals surface area contributed by atoms with E-state index in [1.165, 1.54) is 0 Å². The molecule has 4 N–H and O–H groups in total. The number of carbonyl (C=O) groups is 1. The number of aliphatic hydroxyl groups is 1.